The van der Waals surface area contributed by atoms with Crippen molar-refractivity contribution in [2.24, 2.45) is 0 Å². The van der Waals surface area contributed by atoms with Crippen LogP contribution < -0.4 is 20.4 Å². The number of anilines is 2. The summed E-state index contributed by atoms with van der Waals surface area (Å²) >= 11 is 13.1. The molecule has 2 aliphatic rings. The first-order valence-electron chi connectivity index (χ1n) is 24.7. The van der Waals surface area contributed by atoms with Gasteiger partial charge in [-0.05, 0) is 114 Å². The van der Waals surface area contributed by atoms with Crippen molar-refractivity contribution in [3.05, 3.63) is 128 Å². The minimum atomic E-state index is -1.42. The van der Waals surface area contributed by atoms with Crippen molar-refractivity contribution in [3.63, 3.8) is 0 Å². The molecule has 14 nitrogen and oxygen atoms in total. The number of fused-ring (bicyclic) bond motifs is 2. The predicted octanol–water partition coefficient (Wildman–Crippen LogP) is 12.6. The van der Waals surface area contributed by atoms with Crippen LogP contribution in [-0.2, 0) is 19.2 Å². The van der Waals surface area contributed by atoms with Crippen LogP contribution in [0.3, 0.4) is 0 Å². The van der Waals surface area contributed by atoms with Crippen LogP contribution in [0.1, 0.15) is 166 Å². The highest BCUT2D eigenvalue weighted by Gasteiger charge is 2.42. The molecule has 0 spiro atoms. The minimum Gasteiger partial charge on any atom is -0.479 e. The first-order valence-corrected chi connectivity index (χ1v) is 28.8. The lowest BCUT2D eigenvalue weighted by Gasteiger charge is -2.34. The van der Waals surface area contributed by atoms with E-state index < -0.39 is 69.1 Å². The summed E-state index contributed by atoms with van der Waals surface area (Å²) in [5.74, 6) is -7.07. The van der Waals surface area contributed by atoms with Gasteiger partial charge in [-0.3, -0.25) is 28.8 Å². The number of nitrogens with one attached hydrogen (secondary N) is 2. The van der Waals surface area contributed by atoms with Gasteiger partial charge in [0.2, 0.25) is 11.8 Å². The highest BCUT2D eigenvalue weighted by Crippen LogP contribution is 2.50. The lowest BCUT2D eigenvalue weighted by molar-refractivity contribution is -0.142. The lowest BCUT2D eigenvalue weighted by atomic mass is 9.81. The van der Waals surface area contributed by atoms with Crippen molar-refractivity contribution in [2.45, 2.75) is 101 Å². The summed E-state index contributed by atoms with van der Waals surface area (Å²) in [7, 11) is 0. The van der Waals surface area contributed by atoms with Crippen molar-refractivity contribution < 1.29 is 48.6 Å². The van der Waals surface area contributed by atoms with Gasteiger partial charge >= 0.3 is 11.9 Å². The standard InChI is InChI=1S/C58H52Br4N4O10/c1-23(2)37-17-27(47(57(73)74)63-51(67)41(61)21-59)18-38(24(3)4)49(37)65-53(69)33-13-9-29-31-11-15-35-46-36(16-12-32(44(31)46)30-10-14-34(54(65)70)45(33)43(29)30)56(72)66(55(35)71)50-39(25(5)6)19-28(20-40(50)26(7)8)48(58(75)76)64-52(68)42(62)22-60/h9-20,23-26,41-42,47-48H,21-22H2,1-8H3,(H,63,67)(H,64,68)(H,73,74)(H,75,76). The van der Waals surface area contributed by atoms with E-state index in [2.05, 4.69) is 74.4 Å². The molecule has 2 aliphatic heterocycles. The quantitative estimate of drug-likeness (QED) is 0.0311. The van der Waals surface area contributed by atoms with Gasteiger partial charge < -0.3 is 20.8 Å². The number of carbonyl (C=O) groups is 8. The number of carbonyl (C=O) groups excluding carboxylic acids is 6. The summed E-state index contributed by atoms with van der Waals surface area (Å²) in [4.78, 5) is 113. The number of rotatable bonds is 16. The molecule has 76 heavy (non-hydrogen) atoms. The van der Waals surface area contributed by atoms with Gasteiger partial charge in [-0.1, -0.05) is 168 Å². The SMILES string of the molecule is CC(C)c1cc(C(NC(=O)C(Br)CBr)C(=O)O)cc(C(C)C)c1N1C(=O)c2ccc3c4ccc5c6c(ccc(c7ccc(c2c37)C1=O)c64)C(=O)N(c1c(C(C)C)cc(C(NC(=O)C(Br)CBr)C(=O)O)cc1C(C)C)C5=O. The molecule has 7 aromatic carbocycles. The van der Waals surface area contributed by atoms with Gasteiger partial charge in [-0.25, -0.2) is 19.4 Å². The Bertz CT molecular complexity index is 3290. The van der Waals surface area contributed by atoms with E-state index in [1.165, 1.54) is 9.80 Å². The number of hydrogen-bond acceptors (Lipinski definition) is 8. The number of amides is 6. The van der Waals surface area contributed by atoms with E-state index in [1.807, 2.05) is 79.7 Å². The maximum absolute atomic E-state index is 15.2. The van der Waals surface area contributed by atoms with Gasteiger partial charge in [-0.15, -0.1) is 0 Å². The molecule has 4 atom stereocenters. The van der Waals surface area contributed by atoms with Crippen LogP contribution in [0.2, 0.25) is 0 Å². The van der Waals surface area contributed by atoms with Crippen LogP contribution in [-0.4, -0.2) is 77.9 Å². The Morgan fingerprint density at radius 3 is 0.908 bits per heavy atom. The Labute approximate surface area is 471 Å². The molecule has 0 aliphatic carbocycles. The van der Waals surface area contributed by atoms with Gasteiger partial charge in [-0.2, -0.15) is 0 Å². The molecule has 0 fully saturated rings. The molecule has 2 heterocycles. The number of nitrogens with zero attached hydrogens (tertiary/aromatic N) is 2. The molecule has 392 valence electrons. The number of hydrogen-bond donors (Lipinski definition) is 4. The van der Waals surface area contributed by atoms with Crippen LogP contribution in [0.25, 0.3) is 43.1 Å². The number of halogens is 4. The van der Waals surface area contributed by atoms with Crippen LogP contribution in [0.15, 0.2) is 72.8 Å². The van der Waals surface area contributed by atoms with Gasteiger partial charge in [0.05, 0.1) is 11.4 Å². The number of carboxylic acids is 2. The molecule has 7 aromatic rings. The third-order valence-corrected chi connectivity index (χ3v) is 19.0. The van der Waals surface area contributed by atoms with E-state index in [0.29, 0.717) is 87.8 Å². The Balaban J connectivity index is 1.18. The zero-order chi connectivity index (χ0) is 55.3. The summed E-state index contributed by atoms with van der Waals surface area (Å²) in [6, 6.07) is 17.9. The number of aliphatic carboxylic acids is 2. The first kappa shape index (κ1) is 54.7. The van der Waals surface area contributed by atoms with Crippen LogP contribution >= 0.6 is 63.7 Å². The molecule has 0 bridgehead atoms. The summed E-state index contributed by atoms with van der Waals surface area (Å²) in [5, 5.41) is 31.6. The molecule has 6 amide bonds. The first-order chi connectivity index (χ1) is 35.9. The zero-order valence-corrected chi connectivity index (χ0v) is 48.9. The van der Waals surface area contributed by atoms with Crippen LogP contribution in [0.5, 0.6) is 0 Å². The van der Waals surface area contributed by atoms with Crippen molar-refractivity contribution in [3.8, 4) is 0 Å². The molecule has 0 aromatic heterocycles. The fourth-order valence-corrected chi connectivity index (χ4v) is 11.7. The second-order valence-corrected chi connectivity index (χ2v) is 24.1. The van der Waals surface area contributed by atoms with E-state index >= 15 is 19.2 Å². The molecule has 0 radical (unpaired) electrons. The number of carboxylic acid groups (broad SMARTS) is 2. The minimum absolute atomic E-state index is 0.249. The lowest BCUT2D eigenvalue weighted by Crippen LogP contribution is -2.42. The average molecular weight is 1280 g/mol. The fourth-order valence-electron chi connectivity index (χ4n) is 10.9. The highest BCUT2D eigenvalue weighted by molar-refractivity contribution is 9.12. The monoisotopic (exact) mass is 1280 g/mol. The van der Waals surface area contributed by atoms with E-state index in [1.54, 1.807) is 48.5 Å². The Hall–Kier alpha value is -6.08. The molecule has 18 heteroatoms. The number of alkyl halides is 4. The van der Waals surface area contributed by atoms with Gasteiger partial charge in [0, 0.05) is 43.7 Å². The van der Waals surface area contributed by atoms with Gasteiger partial charge in [0.1, 0.15) is 9.65 Å². The number of benzene rings is 7. The average Bonchev–Trinajstić information content (AvgIpc) is 3.54. The van der Waals surface area contributed by atoms with E-state index in [-0.39, 0.29) is 56.6 Å². The largest absolute Gasteiger partial charge is 0.479 e. The molecule has 4 unspecified atom stereocenters. The maximum atomic E-state index is 15.2. The number of imide groups is 2. The van der Waals surface area contributed by atoms with Crippen molar-refractivity contribution in [1.29, 1.82) is 0 Å². The fraction of sp³-hybridized carbons (Fsp3) is 0.310. The topological polar surface area (TPSA) is 208 Å². The Morgan fingerprint density at radius 1 is 0.447 bits per heavy atom. The van der Waals surface area contributed by atoms with Gasteiger partial charge in [0.25, 0.3) is 23.6 Å². The Kier molecular flexibility index (Phi) is 14.9. The molecular weight excluding hydrogens is 1230 g/mol. The summed E-state index contributed by atoms with van der Waals surface area (Å²) in [5.41, 5.74) is 4.62. The molecule has 0 saturated carbocycles. The Morgan fingerprint density at radius 2 is 0.697 bits per heavy atom. The second kappa shape index (κ2) is 20.7. The summed E-state index contributed by atoms with van der Waals surface area (Å²) in [6.07, 6.45) is 0. The van der Waals surface area contributed by atoms with Crippen LogP contribution in [0, 0.1) is 0 Å². The molecular formula is C58H52Br4N4O10. The maximum Gasteiger partial charge on any atom is 0.330 e. The van der Waals surface area contributed by atoms with Crippen LogP contribution in [0.4, 0.5) is 11.4 Å². The summed E-state index contributed by atoms with van der Waals surface area (Å²) < 4.78 is 0. The van der Waals surface area contributed by atoms with E-state index in [4.69, 9.17) is 0 Å². The van der Waals surface area contributed by atoms with Crippen molar-refractivity contribution in [2.75, 3.05) is 20.5 Å². The van der Waals surface area contributed by atoms with E-state index in [0.717, 1.165) is 0 Å². The molecule has 9 rings (SSSR count). The van der Waals surface area contributed by atoms with Crippen molar-refractivity contribution in [1.82, 2.24) is 10.6 Å². The molecule has 0 saturated heterocycles. The van der Waals surface area contributed by atoms with E-state index in [9.17, 15) is 29.4 Å². The zero-order valence-electron chi connectivity index (χ0n) is 42.5. The third-order valence-electron chi connectivity index (χ3n) is 14.5. The van der Waals surface area contributed by atoms with Gasteiger partial charge in [0.15, 0.2) is 12.1 Å². The normalized spacial score (nSPS) is 15.3. The summed E-state index contributed by atoms with van der Waals surface area (Å²) in [6.45, 7) is 15.1. The smallest absolute Gasteiger partial charge is 0.330 e. The third kappa shape index (κ3) is 8.80. The second-order valence-electron chi connectivity index (χ2n) is 20.6. The predicted molar refractivity (Wildman–Crippen MR) is 309 cm³/mol. The van der Waals surface area contributed by atoms with Crippen molar-refractivity contribution >= 4 is 166 Å². The molecule has 4 N–H and O–H groups in total. The highest BCUT2D eigenvalue weighted by atomic mass is 79.9.